The van der Waals surface area contributed by atoms with Crippen LogP contribution in [-0.4, -0.2) is 37.7 Å². The largest absolute Gasteiger partial charge is 0.468 e. The summed E-state index contributed by atoms with van der Waals surface area (Å²) in [6.07, 6.45) is 0. The molecule has 0 saturated carbocycles. The molecule has 0 aliphatic rings. The number of aromatic nitrogens is 1. The Kier molecular flexibility index (Phi) is 6.76. The molecule has 0 aliphatic heterocycles. The number of ether oxygens (including phenoxy) is 1. The van der Waals surface area contributed by atoms with Crippen molar-refractivity contribution >= 4 is 43.3 Å². The summed E-state index contributed by atoms with van der Waals surface area (Å²) >= 11 is 1.29. The Morgan fingerprint density at radius 1 is 1.16 bits per heavy atom. The molecule has 1 amide bonds. The van der Waals surface area contributed by atoms with Gasteiger partial charge in [0.05, 0.1) is 28.0 Å². The Morgan fingerprint density at radius 3 is 2.55 bits per heavy atom. The van der Waals surface area contributed by atoms with Gasteiger partial charge in [0.2, 0.25) is 0 Å². The standard InChI is InChI=1S/C22H24N2O5S2/c1-5-31(27,28)17-8-6-7-16(11-17)21(26)23-22-24(13-20(25)29-4)18-10-9-15(14(2)3)12-19(18)30-22/h6-12,14H,5,13H2,1-4H3. The van der Waals surface area contributed by atoms with Crippen molar-refractivity contribution in [1.82, 2.24) is 4.57 Å². The van der Waals surface area contributed by atoms with Crippen LogP contribution < -0.4 is 4.80 Å². The zero-order valence-corrected chi connectivity index (χ0v) is 19.4. The molecule has 0 spiro atoms. The number of benzene rings is 2. The molecular formula is C22H24N2O5S2. The van der Waals surface area contributed by atoms with Crippen LogP contribution in [0.4, 0.5) is 0 Å². The van der Waals surface area contributed by atoms with Crippen LogP contribution >= 0.6 is 11.3 Å². The van der Waals surface area contributed by atoms with Gasteiger partial charge in [-0.1, -0.05) is 44.2 Å². The molecule has 0 bridgehead atoms. The van der Waals surface area contributed by atoms with Crippen LogP contribution in [0.2, 0.25) is 0 Å². The summed E-state index contributed by atoms with van der Waals surface area (Å²) in [5.74, 6) is -0.777. The fourth-order valence-corrected chi connectivity index (χ4v) is 5.02. The summed E-state index contributed by atoms with van der Waals surface area (Å²) in [5, 5.41) is 0. The number of sulfone groups is 1. The molecule has 2 aromatic carbocycles. The minimum absolute atomic E-state index is 0.0601. The van der Waals surface area contributed by atoms with E-state index < -0.39 is 21.7 Å². The average Bonchev–Trinajstić information content (AvgIpc) is 3.09. The van der Waals surface area contributed by atoms with Gasteiger partial charge in [0.25, 0.3) is 5.91 Å². The summed E-state index contributed by atoms with van der Waals surface area (Å²) in [7, 11) is -2.14. The number of hydrogen-bond donors (Lipinski definition) is 0. The lowest BCUT2D eigenvalue weighted by Crippen LogP contribution is -2.22. The minimum atomic E-state index is -3.45. The van der Waals surface area contributed by atoms with Crippen LogP contribution in [0.5, 0.6) is 0 Å². The number of carbonyl (C=O) groups excluding carboxylic acids is 2. The number of hydrogen-bond acceptors (Lipinski definition) is 6. The molecule has 0 unspecified atom stereocenters. The van der Waals surface area contributed by atoms with Crippen LogP contribution in [0.3, 0.4) is 0 Å². The van der Waals surface area contributed by atoms with Gasteiger partial charge in [0.15, 0.2) is 14.6 Å². The number of carbonyl (C=O) groups is 2. The van der Waals surface area contributed by atoms with E-state index in [2.05, 4.69) is 18.8 Å². The van der Waals surface area contributed by atoms with Gasteiger partial charge in [0, 0.05) is 5.56 Å². The Hall–Kier alpha value is -2.78. The van der Waals surface area contributed by atoms with Gasteiger partial charge in [-0.15, -0.1) is 0 Å². The maximum atomic E-state index is 12.9. The number of fused-ring (bicyclic) bond motifs is 1. The first-order chi connectivity index (χ1) is 14.7. The van der Waals surface area contributed by atoms with E-state index >= 15 is 0 Å². The highest BCUT2D eigenvalue weighted by Gasteiger charge is 2.16. The van der Waals surface area contributed by atoms with E-state index in [1.807, 2.05) is 18.2 Å². The molecule has 0 fully saturated rings. The maximum Gasteiger partial charge on any atom is 0.325 e. The first-order valence-corrected chi connectivity index (χ1v) is 12.2. The smallest absolute Gasteiger partial charge is 0.325 e. The van der Waals surface area contributed by atoms with E-state index in [4.69, 9.17) is 4.74 Å². The quantitative estimate of drug-likeness (QED) is 0.525. The number of esters is 1. The summed E-state index contributed by atoms with van der Waals surface area (Å²) in [6, 6.07) is 11.7. The second-order valence-corrected chi connectivity index (χ2v) is 10.6. The van der Waals surface area contributed by atoms with E-state index in [0.717, 1.165) is 15.8 Å². The van der Waals surface area contributed by atoms with Crippen molar-refractivity contribution in [3.8, 4) is 0 Å². The SMILES string of the molecule is CCS(=O)(=O)c1cccc(C(=O)N=c2sc3cc(C(C)C)ccc3n2CC(=O)OC)c1. The Balaban J connectivity index is 2.14. The Morgan fingerprint density at radius 2 is 1.90 bits per heavy atom. The van der Waals surface area contributed by atoms with Crippen molar-refractivity contribution in [2.45, 2.75) is 38.1 Å². The van der Waals surface area contributed by atoms with Crippen molar-refractivity contribution in [3.05, 3.63) is 58.4 Å². The molecule has 0 atom stereocenters. The summed E-state index contributed by atoms with van der Waals surface area (Å²) in [5.41, 5.74) is 2.07. The third-order valence-corrected chi connectivity index (χ3v) is 7.68. The second kappa shape index (κ2) is 9.15. The van der Waals surface area contributed by atoms with Crippen LogP contribution in [0, 0.1) is 0 Å². The molecular weight excluding hydrogens is 436 g/mol. The predicted octanol–water partition coefficient (Wildman–Crippen LogP) is 3.53. The molecule has 3 rings (SSSR count). The number of thiazole rings is 1. The maximum absolute atomic E-state index is 12.9. The molecule has 3 aromatic rings. The molecule has 31 heavy (non-hydrogen) atoms. The summed E-state index contributed by atoms with van der Waals surface area (Å²) in [4.78, 5) is 29.5. The minimum Gasteiger partial charge on any atom is -0.468 e. The van der Waals surface area contributed by atoms with Gasteiger partial charge >= 0.3 is 5.97 Å². The van der Waals surface area contributed by atoms with Crippen LogP contribution in [-0.2, 0) is 25.9 Å². The van der Waals surface area contributed by atoms with Gasteiger partial charge < -0.3 is 9.30 Å². The lowest BCUT2D eigenvalue weighted by Gasteiger charge is -2.07. The molecule has 9 heteroatoms. The molecule has 1 aromatic heterocycles. The van der Waals surface area contributed by atoms with E-state index in [0.29, 0.717) is 10.7 Å². The fourth-order valence-electron chi connectivity index (χ4n) is 3.02. The lowest BCUT2D eigenvalue weighted by atomic mass is 10.0. The molecule has 0 aliphatic carbocycles. The number of methoxy groups -OCH3 is 1. The predicted molar refractivity (Wildman–Crippen MR) is 120 cm³/mol. The first-order valence-electron chi connectivity index (χ1n) is 9.78. The summed E-state index contributed by atoms with van der Waals surface area (Å²) in [6.45, 7) is 5.63. The van der Waals surface area contributed by atoms with E-state index in [1.54, 1.807) is 11.5 Å². The van der Waals surface area contributed by atoms with Crippen LogP contribution in [0.15, 0.2) is 52.4 Å². The normalized spacial score (nSPS) is 12.5. The number of nitrogens with zero attached hydrogens (tertiary/aromatic N) is 2. The van der Waals surface area contributed by atoms with Gasteiger partial charge in [-0.05, 0) is 41.8 Å². The van der Waals surface area contributed by atoms with E-state index in [1.165, 1.54) is 42.7 Å². The summed E-state index contributed by atoms with van der Waals surface area (Å²) < 4.78 is 31.6. The molecule has 0 N–H and O–H groups in total. The van der Waals surface area contributed by atoms with Crippen molar-refractivity contribution in [2.24, 2.45) is 4.99 Å². The van der Waals surface area contributed by atoms with E-state index in [9.17, 15) is 18.0 Å². The van der Waals surface area contributed by atoms with Crippen molar-refractivity contribution in [3.63, 3.8) is 0 Å². The highest BCUT2D eigenvalue weighted by Crippen LogP contribution is 2.24. The first kappa shape index (κ1) is 22.9. The van der Waals surface area contributed by atoms with Gasteiger partial charge in [-0.3, -0.25) is 9.59 Å². The third kappa shape index (κ3) is 4.94. The monoisotopic (exact) mass is 460 g/mol. The van der Waals surface area contributed by atoms with Crippen molar-refractivity contribution in [1.29, 1.82) is 0 Å². The van der Waals surface area contributed by atoms with Gasteiger partial charge in [-0.25, -0.2) is 8.42 Å². The third-order valence-electron chi connectivity index (χ3n) is 4.91. The van der Waals surface area contributed by atoms with E-state index in [-0.39, 0.29) is 22.8 Å². The van der Waals surface area contributed by atoms with Gasteiger partial charge in [-0.2, -0.15) is 4.99 Å². The topological polar surface area (TPSA) is 94.8 Å². The van der Waals surface area contributed by atoms with Crippen LogP contribution in [0.1, 0.15) is 42.6 Å². The zero-order valence-electron chi connectivity index (χ0n) is 17.8. The van der Waals surface area contributed by atoms with Crippen LogP contribution in [0.25, 0.3) is 10.2 Å². The fraction of sp³-hybridized carbons (Fsp3) is 0.318. The van der Waals surface area contributed by atoms with Crippen molar-refractivity contribution < 1.29 is 22.7 Å². The second-order valence-electron chi connectivity index (χ2n) is 7.28. The molecule has 164 valence electrons. The zero-order chi connectivity index (χ0) is 22.8. The molecule has 0 radical (unpaired) electrons. The molecule has 7 nitrogen and oxygen atoms in total. The Bertz CT molecular complexity index is 1320. The molecule has 1 heterocycles. The lowest BCUT2D eigenvalue weighted by molar-refractivity contribution is -0.141. The number of rotatable bonds is 6. The Labute approximate surface area is 184 Å². The number of amides is 1. The van der Waals surface area contributed by atoms with Crippen molar-refractivity contribution in [2.75, 3.05) is 12.9 Å². The highest BCUT2D eigenvalue weighted by molar-refractivity contribution is 7.91. The molecule has 0 saturated heterocycles. The average molecular weight is 461 g/mol. The van der Waals surface area contributed by atoms with Gasteiger partial charge in [0.1, 0.15) is 6.54 Å². The highest BCUT2D eigenvalue weighted by atomic mass is 32.2.